The molecule has 0 aromatic heterocycles. The van der Waals surface area contributed by atoms with Crippen LogP contribution < -0.4 is 16.3 Å². The van der Waals surface area contributed by atoms with Crippen LogP contribution in [0, 0.1) is 4.91 Å². The molecule has 0 spiro atoms. The summed E-state index contributed by atoms with van der Waals surface area (Å²) < 4.78 is 0. The van der Waals surface area contributed by atoms with E-state index in [9.17, 15) is 9.70 Å². The van der Waals surface area contributed by atoms with Gasteiger partial charge in [0.05, 0.1) is 11.0 Å². The zero-order chi connectivity index (χ0) is 9.68. The first kappa shape index (κ1) is 8.98. The SMILES string of the molecule is NC(=O)NN(N=O)c1ccccc1. The van der Waals surface area contributed by atoms with Gasteiger partial charge in [-0.2, -0.15) is 0 Å². The van der Waals surface area contributed by atoms with Crippen LogP contribution in [-0.4, -0.2) is 6.03 Å². The minimum Gasteiger partial charge on any atom is -0.350 e. The molecule has 0 aliphatic heterocycles. The van der Waals surface area contributed by atoms with Gasteiger partial charge >= 0.3 is 6.03 Å². The first-order chi connectivity index (χ1) is 6.24. The highest BCUT2D eigenvalue weighted by molar-refractivity contribution is 5.73. The molecule has 1 aromatic carbocycles. The number of anilines is 1. The fraction of sp³-hybridized carbons (Fsp3) is 0. The highest BCUT2D eigenvalue weighted by Gasteiger charge is 2.06. The normalized spacial score (nSPS) is 8.92. The molecule has 6 nitrogen and oxygen atoms in total. The summed E-state index contributed by atoms with van der Waals surface area (Å²) in [7, 11) is 0. The number of hydrogen-bond acceptors (Lipinski definition) is 3. The number of rotatable bonds is 3. The number of benzene rings is 1. The third-order valence-corrected chi connectivity index (χ3v) is 1.30. The summed E-state index contributed by atoms with van der Waals surface area (Å²) >= 11 is 0. The number of carbonyl (C=O) groups is 1. The van der Waals surface area contributed by atoms with Crippen LogP contribution in [0.2, 0.25) is 0 Å². The average Bonchev–Trinajstić information content (AvgIpc) is 2.15. The lowest BCUT2D eigenvalue weighted by Crippen LogP contribution is -2.41. The Morgan fingerprint density at radius 3 is 2.46 bits per heavy atom. The maximum absolute atomic E-state index is 10.4. The fourth-order valence-electron chi connectivity index (χ4n) is 0.806. The van der Waals surface area contributed by atoms with Gasteiger partial charge in [-0.05, 0) is 12.1 Å². The molecule has 0 atom stereocenters. The highest BCUT2D eigenvalue weighted by Crippen LogP contribution is 2.10. The van der Waals surface area contributed by atoms with E-state index in [2.05, 4.69) is 5.29 Å². The number of carbonyl (C=O) groups excluding carboxylic acids is 1. The van der Waals surface area contributed by atoms with E-state index in [1.807, 2.05) is 5.43 Å². The summed E-state index contributed by atoms with van der Waals surface area (Å²) in [4.78, 5) is 20.7. The molecule has 0 bridgehead atoms. The van der Waals surface area contributed by atoms with Crippen molar-refractivity contribution in [2.45, 2.75) is 0 Å². The van der Waals surface area contributed by atoms with E-state index in [0.29, 0.717) is 5.69 Å². The largest absolute Gasteiger partial charge is 0.350 e. The Hall–Kier alpha value is -2.11. The molecule has 0 aliphatic carbocycles. The molecule has 0 unspecified atom stereocenters. The van der Waals surface area contributed by atoms with Gasteiger partial charge in [0.15, 0.2) is 0 Å². The van der Waals surface area contributed by atoms with Crippen molar-refractivity contribution in [3.63, 3.8) is 0 Å². The van der Waals surface area contributed by atoms with Crippen LogP contribution in [0.3, 0.4) is 0 Å². The van der Waals surface area contributed by atoms with Gasteiger partial charge in [0.25, 0.3) is 0 Å². The van der Waals surface area contributed by atoms with Gasteiger partial charge < -0.3 is 5.73 Å². The zero-order valence-corrected chi connectivity index (χ0v) is 6.68. The number of nitroso groups, excluding NO2 is 1. The van der Waals surface area contributed by atoms with Crippen molar-refractivity contribution in [1.82, 2.24) is 5.43 Å². The van der Waals surface area contributed by atoms with E-state index in [4.69, 9.17) is 5.73 Å². The first-order valence-corrected chi connectivity index (χ1v) is 3.48. The number of para-hydroxylation sites is 1. The summed E-state index contributed by atoms with van der Waals surface area (Å²) in [5, 5.41) is 3.32. The molecule has 0 fully saturated rings. The van der Waals surface area contributed by atoms with Crippen LogP contribution in [-0.2, 0) is 0 Å². The van der Waals surface area contributed by atoms with Gasteiger partial charge in [-0.1, -0.05) is 18.2 Å². The lowest BCUT2D eigenvalue weighted by atomic mass is 10.3. The van der Waals surface area contributed by atoms with Crippen LogP contribution in [0.1, 0.15) is 0 Å². The fourth-order valence-corrected chi connectivity index (χ4v) is 0.806. The van der Waals surface area contributed by atoms with Gasteiger partial charge in [-0.15, -0.1) is 10.0 Å². The Morgan fingerprint density at radius 1 is 1.38 bits per heavy atom. The van der Waals surface area contributed by atoms with Crippen molar-refractivity contribution in [3.05, 3.63) is 35.2 Å². The van der Waals surface area contributed by atoms with E-state index >= 15 is 0 Å². The molecule has 0 saturated carbocycles. The van der Waals surface area contributed by atoms with Crippen molar-refractivity contribution < 1.29 is 4.79 Å². The second-order valence-electron chi connectivity index (χ2n) is 2.21. The molecule has 13 heavy (non-hydrogen) atoms. The van der Waals surface area contributed by atoms with Crippen LogP contribution in [0.5, 0.6) is 0 Å². The van der Waals surface area contributed by atoms with Gasteiger partial charge in [-0.3, -0.25) is 0 Å². The number of urea groups is 1. The first-order valence-electron chi connectivity index (χ1n) is 3.48. The van der Waals surface area contributed by atoms with Gasteiger partial charge in [0, 0.05) is 0 Å². The molecule has 2 amide bonds. The number of nitrogens with zero attached hydrogens (tertiary/aromatic N) is 2. The number of hydrogen-bond donors (Lipinski definition) is 2. The Balaban J connectivity index is 2.78. The van der Waals surface area contributed by atoms with Gasteiger partial charge in [0.2, 0.25) is 0 Å². The predicted octanol–water partition coefficient (Wildman–Crippen LogP) is 0.758. The molecule has 68 valence electrons. The van der Waals surface area contributed by atoms with Crippen molar-refractivity contribution in [1.29, 1.82) is 0 Å². The molecule has 1 rings (SSSR count). The molecule has 6 heteroatoms. The van der Waals surface area contributed by atoms with Crippen LogP contribution in [0.25, 0.3) is 0 Å². The summed E-state index contributed by atoms with van der Waals surface area (Å²) in [5.41, 5.74) is 7.30. The third-order valence-electron chi connectivity index (χ3n) is 1.30. The van der Waals surface area contributed by atoms with Crippen LogP contribution in [0.4, 0.5) is 10.5 Å². The second kappa shape index (κ2) is 4.05. The van der Waals surface area contributed by atoms with Crippen molar-refractivity contribution >= 4 is 11.7 Å². The number of amides is 2. The summed E-state index contributed by atoms with van der Waals surface area (Å²) in [6, 6.07) is 7.56. The Bertz CT molecular complexity index is 301. The number of nitrogens with one attached hydrogen (secondary N) is 1. The monoisotopic (exact) mass is 180 g/mol. The Labute approximate surface area is 74.2 Å². The third kappa shape index (κ3) is 2.44. The smallest absolute Gasteiger partial charge is 0.332 e. The minimum absolute atomic E-state index is 0.441. The highest BCUT2D eigenvalue weighted by atomic mass is 16.3. The Kier molecular flexibility index (Phi) is 2.80. The summed E-state index contributed by atoms with van der Waals surface area (Å²) in [6.07, 6.45) is 0. The topological polar surface area (TPSA) is 87.8 Å². The molecular weight excluding hydrogens is 172 g/mol. The second-order valence-corrected chi connectivity index (χ2v) is 2.21. The average molecular weight is 180 g/mol. The number of nitrogens with two attached hydrogens (primary N) is 1. The van der Waals surface area contributed by atoms with Crippen molar-refractivity contribution in [2.24, 2.45) is 11.0 Å². The van der Waals surface area contributed by atoms with E-state index < -0.39 is 6.03 Å². The molecule has 0 heterocycles. The lowest BCUT2D eigenvalue weighted by Gasteiger charge is -2.13. The van der Waals surface area contributed by atoms with Crippen molar-refractivity contribution in [2.75, 3.05) is 5.12 Å². The zero-order valence-electron chi connectivity index (χ0n) is 6.68. The number of hydrazine groups is 1. The van der Waals surface area contributed by atoms with E-state index in [1.54, 1.807) is 30.3 Å². The lowest BCUT2D eigenvalue weighted by molar-refractivity contribution is 0.248. The van der Waals surface area contributed by atoms with Crippen LogP contribution in [0.15, 0.2) is 35.6 Å². The van der Waals surface area contributed by atoms with Gasteiger partial charge in [0.1, 0.15) is 0 Å². The quantitative estimate of drug-likeness (QED) is 0.531. The maximum Gasteiger partial charge on any atom is 0.332 e. The Morgan fingerprint density at radius 2 is 2.00 bits per heavy atom. The number of primary amides is 1. The maximum atomic E-state index is 10.4. The minimum atomic E-state index is -0.844. The van der Waals surface area contributed by atoms with E-state index in [1.165, 1.54) is 0 Å². The molecule has 0 aliphatic rings. The standard InChI is InChI=1S/C7H8N4O2/c8-7(12)9-11(10-13)6-4-2-1-3-5-6/h1-5H,(H3,8,9,12). The predicted molar refractivity (Wildman–Crippen MR) is 47.4 cm³/mol. The molecule has 1 aromatic rings. The van der Waals surface area contributed by atoms with E-state index in [0.717, 1.165) is 5.12 Å². The molecule has 3 N–H and O–H groups in total. The van der Waals surface area contributed by atoms with E-state index in [-0.39, 0.29) is 0 Å². The molecule has 0 radical (unpaired) electrons. The molecular formula is C7H8N4O2. The van der Waals surface area contributed by atoms with Crippen LogP contribution >= 0.6 is 0 Å². The summed E-state index contributed by atoms with van der Waals surface area (Å²) in [5.74, 6) is 0. The van der Waals surface area contributed by atoms with Gasteiger partial charge in [-0.25, -0.2) is 10.2 Å². The van der Waals surface area contributed by atoms with Crippen molar-refractivity contribution in [3.8, 4) is 0 Å². The molecule has 0 saturated heterocycles. The summed E-state index contributed by atoms with van der Waals surface area (Å²) in [6.45, 7) is 0.